The zero-order valence-corrected chi connectivity index (χ0v) is 12.9. The highest BCUT2D eigenvalue weighted by molar-refractivity contribution is 6.32. The van der Waals surface area contributed by atoms with Gasteiger partial charge in [0.05, 0.1) is 34.6 Å². The summed E-state index contributed by atoms with van der Waals surface area (Å²) >= 11 is 6.12. The van der Waals surface area contributed by atoms with E-state index in [1.807, 2.05) is 6.92 Å². The van der Waals surface area contributed by atoms with Crippen LogP contribution in [0.5, 0.6) is 5.75 Å². The lowest BCUT2D eigenvalue weighted by atomic mass is 10.2. The van der Waals surface area contributed by atoms with E-state index in [9.17, 15) is 14.9 Å². The van der Waals surface area contributed by atoms with Crippen LogP contribution in [0.4, 0.5) is 11.5 Å². The number of rotatable bonds is 3. The van der Waals surface area contributed by atoms with Crippen molar-refractivity contribution in [2.45, 2.75) is 19.6 Å². The molecule has 9 heteroatoms. The van der Waals surface area contributed by atoms with Crippen LogP contribution >= 0.6 is 11.6 Å². The molecule has 0 unspecified atom stereocenters. The van der Waals surface area contributed by atoms with Crippen LogP contribution in [-0.2, 0) is 11.3 Å². The fraction of sp³-hybridized carbons (Fsp3) is 0.286. The van der Waals surface area contributed by atoms with Crippen LogP contribution in [-0.4, -0.2) is 33.3 Å². The van der Waals surface area contributed by atoms with Gasteiger partial charge in [0.15, 0.2) is 5.75 Å². The molecule has 1 aliphatic heterocycles. The molecule has 1 amide bonds. The third-order valence-electron chi connectivity index (χ3n) is 3.41. The molecule has 0 bridgehead atoms. The van der Waals surface area contributed by atoms with Gasteiger partial charge in [0, 0.05) is 0 Å². The molecule has 2 heterocycles. The molecule has 1 atom stereocenters. The largest absolute Gasteiger partial charge is 0.485 e. The molecule has 8 nitrogen and oxygen atoms in total. The summed E-state index contributed by atoms with van der Waals surface area (Å²) in [7, 11) is 0. The predicted octanol–water partition coefficient (Wildman–Crippen LogP) is 2.26. The van der Waals surface area contributed by atoms with Gasteiger partial charge in [-0.1, -0.05) is 17.7 Å². The van der Waals surface area contributed by atoms with Crippen molar-refractivity contribution in [3.63, 3.8) is 0 Å². The van der Waals surface area contributed by atoms with Crippen molar-refractivity contribution in [3.05, 3.63) is 45.6 Å². The first-order valence-corrected chi connectivity index (χ1v) is 7.27. The van der Waals surface area contributed by atoms with Gasteiger partial charge in [-0.25, -0.2) is 0 Å². The number of fused-ring (bicyclic) bond motifs is 1. The maximum absolute atomic E-state index is 12.6. The second kappa shape index (κ2) is 5.88. The highest BCUT2D eigenvalue weighted by Crippen LogP contribution is 2.39. The van der Waals surface area contributed by atoms with E-state index in [0.717, 1.165) is 0 Å². The lowest BCUT2D eigenvalue weighted by molar-refractivity contribution is -0.389. The van der Waals surface area contributed by atoms with Gasteiger partial charge in [0.2, 0.25) is 0 Å². The van der Waals surface area contributed by atoms with Crippen molar-refractivity contribution in [2.75, 3.05) is 11.4 Å². The third kappa shape index (κ3) is 2.98. The fourth-order valence-corrected chi connectivity index (χ4v) is 2.63. The number of carbonyl (C=O) groups excluding carboxylic acids is 1. The minimum atomic E-state index is -0.604. The summed E-state index contributed by atoms with van der Waals surface area (Å²) in [6, 6.07) is 6.42. The van der Waals surface area contributed by atoms with Gasteiger partial charge < -0.3 is 19.8 Å². The van der Waals surface area contributed by atoms with Gasteiger partial charge >= 0.3 is 5.82 Å². The third-order valence-corrected chi connectivity index (χ3v) is 3.71. The molecule has 23 heavy (non-hydrogen) atoms. The van der Waals surface area contributed by atoms with Crippen LogP contribution < -0.4 is 9.64 Å². The van der Waals surface area contributed by atoms with E-state index in [2.05, 4.69) is 5.10 Å². The molecule has 3 rings (SSSR count). The summed E-state index contributed by atoms with van der Waals surface area (Å²) in [6.45, 7) is 2.10. The molecule has 0 radical (unpaired) electrons. The first kappa shape index (κ1) is 15.3. The van der Waals surface area contributed by atoms with Crippen LogP contribution in [0.2, 0.25) is 5.02 Å². The van der Waals surface area contributed by atoms with Crippen LogP contribution in [0, 0.1) is 10.1 Å². The molecule has 0 fully saturated rings. The number of benzene rings is 1. The summed E-state index contributed by atoms with van der Waals surface area (Å²) in [6.07, 6.45) is 1.19. The maximum atomic E-state index is 12.6. The van der Waals surface area contributed by atoms with E-state index in [0.29, 0.717) is 23.0 Å². The van der Waals surface area contributed by atoms with Crippen LogP contribution in [0.3, 0.4) is 0 Å². The number of hydrogen-bond acceptors (Lipinski definition) is 5. The number of para-hydroxylation sites is 1. The Labute approximate surface area is 136 Å². The second-order valence-corrected chi connectivity index (χ2v) is 5.56. The van der Waals surface area contributed by atoms with E-state index in [1.165, 1.54) is 16.9 Å². The number of nitrogens with zero attached hydrogens (tertiary/aromatic N) is 4. The Balaban J connectivity index is 1.85. The minimum Gasteiger partial charge on any atom is -0.485 e. The van der Waals surface area contributed by atoms with Crippen molar-refractivity contribution in [3.8, 4) is 5.75 Å². The number of hydrogen-bond donors (Lipinski definition) is 0. The number of ether oxygens (including phenoxy) is 1. The molecule has 0 spiro atoms. The molecule has 2 aromatic rings. The molecule has 0 saturated carbocycles. The van der Waals surface area contributed by atoms with Gasteiger partial charge in [-0.2, -0.15) is 4.68 Å². The van der Waals surface area contributed by atoms with Crippen molar-refractivity contribution in [1.82, 2.24) is 9.78 Å². The highest BCUT2D eigenvalue weighted by atomic mass is 35.5. The first-order chi connectivity index (χ1) is 11.0. The normalized spacial score (nSPS) is 16.6. The molecule has 120 valence electrons. The predicted molar refractivity (Wildman–Crippen MR) is 82.8 cm³/mol. The number of halogens is 1. The molecular weight excluding hydrogens is 324 g/mol. The molecular formula is C14H13ClN4O4. The molecule has 1 aromatic carbocycles. The smallest absolute Gasteiger partial charge is 0.389 e. The average molecular weight is 337 g/mol. The molecule has 0 saturated heterocycles. The van der Waals surface area contributed by atoms with Gasteiger partial charge in [-0.05, 0) is 24.0 Å². The van der Waals surface area contributed by atoms with Crippen LogP contribution in [0.25, 0.3) is 0 Å². The van der Waals surface area contributed by atoms with Crippen molar-refractivity contribution in [1.29, 1.82) is 0 Å². The Kier molecular flexibility index (Phi) is 3.91. The molecule has 0 N–H and O–H groups in total. The Morgan fingerprint density at radius 2 is 2.30 bits per heavy atom. The van der Waals surface area contributed by atoms with E-state index in [1.54, 1.807) is 23.1 Å². The number of anilines is 1. The van der Waals surface area contributed by atoms with E-state index in [-0.39, 0.29) is 24.4 Å². The summed E-state index contributed by atoms with van der Waals surface area (Å²) < 4.78 is 6.93. The number of nitro groups is 1. The molecule has 1 aromatic heterocycles. The number of carbonyl (C=O) groups is 1. The highest BCUT2D eigenvalue weighted by Gasteiger charge is 2.29. The average Bonchev–Trinajstić information content (AvgIpc) is 2.96. The first-order valence-electron chi connectivity index (χ1n) is 6.89. The van der Waals surface area contributed by atoms with Gasteiger partial charge in [0.25, 0.3) is 5.91 Å². The van der Waals surface area contributed by atoms with Crippen LogP contribution in [0.1, 0.15) is 6.92 Å². The Morgan fingerprint density at radius 3 is 3.00 bits per heavy atom. The molecule has 1 aliphatic rings. The summed E-state index contributed by atoms with van der Waals surface area (Å²) in [5.74, 6) is -0.0778. The zero-order chi connectivity index (χ0) is 16.6. The van der Waals surface area contributed by atoms with Gasteiger partial charge in [0.1, 0.15) is 12.6 Å². The monoisotopic (exact) mass is 336 g/mol. The Hall–Kier alpha value is -2.61. The quantitative estimate of drug-likeness (QED) is 0.633. The van der Waals surface area contributed by atoms with E-state index >= 15 is 0 Å². The topological polar surface area (TPSA) is 90.5 Å². The lowest BCUT2D eigenvalue weighted by Crippen LogP contribution is -2.43. The Morgan fingerprint density at radius 1 is 1.52 bits per heavy atom. The fourth-order valence-electron chi connectivity index (χ4n) is 2.42. The summed E-state index contributed by atoms with van der Waals surface area (Å²) in [4.78, 5) is 24.2. The standard InChI is InChI=1S/C14H13ClN4O4/c1-9-7-18(11-4-2-3-10(15)14(11)23-9)13(20)8-17-6-5-12(16-17)19(21)22/h2-6,9H,7-8H2,1H3/t9-/m0/s1. The van der Waals surface area contributed by atoms with E-state index < -0.39 is 4.92 Å². The Bertz CT molecular complexity index is 776. The summed E-state index contributed by atoms with van der Waals surface area (Å²) in [5.41, 5.74) is 0.585. The second-order valence-electron chi connectivity index (χ2n) is 5.15. The van der Waals surface area contributed by atoms with Gasteiger partial charge in [-0.3, -0.25) is 4.79 Å². The lowest BCUT2D eigenvalue weighted by Gasteiger charge is -2.33. The van der Waals surface area contributed by atoms with Crippen LogP contribution in [0.15, 0.2) is 30.5 Å². The van der Waals surface area contributed by atoms with Crippen molar-refractivity contribution >= 4 is 29.0 Å². The molecule has 0 aliphatic carbocycles. The SMILES string of the molecule is C[C@H]1CN(C(=O)Cn2ccc([N+](=O)[O-])n2)c2cccc(Cl)c2O1. The number of aromatic nitrogens is 2. The minimum absolute atomic E-state index is 0.105. The zero-order valence-electron chi connectivity index (χ0n) is 12.2. The van der Waals surface area contributed by atoms with Gasteiger partial charge in [-0.15, -0.1) is 0 Å². The van der Waals surface area contributed by atoms with Crippen molar-refractivity contribution < 1.29 is 14.5 Å². The van der Waals surface area contributed by atoms with Crippen molar-refractivity contribution in [2.24, 2.45) is 0 Å². The van der Waals surface area contributed by atoms with E-state index in [4.69, 9.17) is 16.3 Å². The number of amides is 1. The summed E-state index contributed by atoms with van der Waals surface area (Å²) in [5, 5.41) is 14.8. The maximum Gasteiger partial charge on any atom is 0.389 e.